The van der Waals surface area contributed by atoms with Gasteiger partial charge < -0.3 is 4.90 Å². The Morgan fingerprint density at radius 3 is 2.76 bits per heavy atom. The van der Waals surface area contributed by atoms with Crippen molar-refractivity contribution >= 4 is 23.4 Å². The Balaban J connectivity index is 2.07. The number of halogens is 3. The first-order chi connectivity index (χ1) is 11.8. The third kappa shape index (κ3) is 3.78. The third-order valence-electron chi connectivity index (χ3n) is 3.90. The van der Waals surface area contributed by atoms with E-state index in [9.17, 15) is 18.0 Å². The van der Waals surface area contributed by atoms with Gasteiger partial charge in [0.15, 0.2) is 0 Å². The SMILES string of the molecule is Cc1nccc(C(=O)N2CC[C@@H](C)Sc3ccc(C(F)(F)F)cc32)n1. The largest absolute Gasteiger partial charge is 0.416 e. The topological polar surface area (TPSA) is 46.1 Å². The number of hydrogen-bond acceptors (Lipinski definition) is 4. The molecule has 4 nitrogen and oxygen atoms in total. The average Bonchev–Trinajstić information content (AvgIpc) is 2.71. The molecule has 25 heavy (non-hydrogen) atoms. The molecule has 3 rings (SSSR count). The highest BCUT2D eigenvalue weighted by Crippen LogP contribution is 2.41. The molecule has 0 N–H and O–H groups in total. The van der Waals surface area contributed by atoms with Gasteiger partial charge in [0.2, 0.25) is 0 Å². The Labute approximate surface area is 147 Å². The van der Waals surface area contributed by atoms with Gasteiger partial charge >= 0.3 is 6.18 Å². The zero-order valence-electron chi connectivity index (χ0n) is 13.7. The fourth-order valence-corrected chi connectivity index (χ4v) is 3.73. The van der Waals surface area contributed by atoms with Gasteiger partial charge in [-0.2, -0.15) is 13.2 Å². The van der Waals surface area contributed by atoms with Crippen LogP contribution in [0.25, 0.3) is 0 Å². The number of thioether (sulfide) groups is 1. The Morgan fingerprint density at radius 1 is 1.32 bits per heavy atom. The van der Waals surface area contributed by atoms with E-state index in [0.717, 1.165) is 12.1 Å². The number of aromatic nitrogens is 2. The molecule has 0 saturated heterocycles. The van der Waals surface area contributed by atoms with E-state index in [2.05, 4.69) is 9.97 Å². The minimum atomic E-state index is -4.46. The van der Waals surface area contributed by atoms with Crippen molar-refractivity contribution in [1.29, 1.82) is 0 Å². The van der Waals surface area contributed by atoms with Crippen molar-refractivity contribution in [2.75, 3.05) is 11.4 Å². The standard InChI is InChI=1S/C17H16F3N3OS/c1-10-6-8-23(16(24)13-5-7-21-11(2)22-13)14-9-12(17(18,19)20)3-4-15(14)25-10/h3-5,7,9-10H,6,8H2,1-2H3/t10-/m1/s1. The Kier molecular flexibility index (Phi) is 4.73. The zero-order valence-corrected chi connectivity index (χ0v) is 14.5. The van der Waals surface area contributed by atoms with Gasteiger partial charge in [-0.25, -0.2) is 9.97 Å². The average molecular weight is 367 g/mol. The summed E-state index contributed by atoms with van der Waals surface area (Å²) < 4.78 is 39.3. The van der Waals surface area contributed by atoms with Gasteiger partial charge in [-0.1, -0.05) is 6.92 Å². The molecule has 0 bridgehead atoms. The lowest BCUT2D eigenvalue weighted by Crippen LogP contribution is -2.33. The monoisotopic (exact) mass is 367 g/mol. The number of rotatable bonds is 1. The van der Waals surface area contributed by atoms with E-state index in [1.807, 2.05) is 6.92 Å². The minimum Gasteiger partial charge on any atom is -0.306 e. The lowest BCUT2D eigenvalue weighted by atomic mass is 10.1. The number of amides is 1. The summed E-state index contributed by atoms with van der Waals surface area (Å²) in [4.78, 5) is 23.0. The van der Waals surface area contributed by atoms with Gasteiger partial charge in [0, 0.05) is 22.9 Å². The van der Waals surface area contributed by atoms with Crippen LogP contribution in [-0.2, 0) is 6.18 Å². The van der Waals surface area contributed by atoms with Gasteiger partial charge in [0.25, 0.3) is 5.91 Å². The second-order valence-electron chi connectivity index (χ2n) is 5.84. The van der Waals surface area contributed by atoms with Gasteiger partial charge in [0.05, 0.1) is 11.3 Å². The molecule has 132 valence electrons. The van der Waals surface area contributed by atoms with Crippen LogP contribution >= 0.6 is 11.8 Å². The molecule has 0 spiro atoms. The quantitative estimate of drug-likeness (QED) is 0.752. The lowest BCUT2D eigenvalue weighted by molar-refractivity contribution is -0.137. The smallest absolute Gasteiger partial charge is 0.306 e. The first-order valence-electron chi connectivity index (χ1n) is 7.75. The Morgan fingerprint density at radius 2 is 2.08 bits per heavy atom. The van der Waals surface area contributed by atoms with Crippen LogP contribution in [0.4, 0.5) is 18.9 Å². The van der Waals surface area contributed by atoms with Crippen molar-refractivity contribution in [1.82, 2.24) is 9.97 Å². The number of carbonyl (C=O) groups excluding carboxylic acids is 1. The maximum absolute atomic E-state index is 13.1. The van der Waals surface area contributed by atoms with Crippen LogP contribution in [0.15, 0.2) is 35.4 Å². The number of nitrogens with zero attached hydrogens (tertiary/aromatic N) is 3. The first-order valence-corrected chi connectivity index (χ1v) is 8.63. The Hall–Kier alpha value is -2.09. The molecular formula is C17H16F3N3OS. The molecule has 1 atom stereocenters. The molecule has 0 fully saturated rings. The summed E-state index contributed by atoms with van der Waals surface area (Å²) in [7, 11) is 0. The fourth-order valence-electron chi connectivity index (χ4n) is 2.64. The van der Waals surface area contributed by atoms with Crippen LogP contribution in [0.2, 0.25) is 0 Å². The number of fused-ring (bicyclic) bond motifs is 1. The Bertz CT molecular complexity index is 810. The number of anilines is 1. The van der Waals surface area contributed by atoms with E-state index in [0.29, 0.717) is 23.7 Å². The van der Waals surface area contributed by atoms with Gasteiger partial charge in [0.1, 0.15) is 11.5 Å². The highest BCUT2D eigenvalue weighted by molar-refractivity contribution is 8.00. The third-order valence-corrected chi connectivity index (χ3v) is 5.14. The number of hydrogen-bond donors (Lipinski definition) is 0. The van der Waals surface area contributed by atoms with Crippen molar-refractivity contribution in [3.05, 3.63) is 47.5 Å². The highest BCUT2D eigenvalue weighted by atomic mass is 32.2. The second kappa shape index (κ2) is 6.67. The van der Waals surface area contributed by atoms with Crippen LogP contribution < -0.4 is 4.90 Å². The number of carbonyl (C=O) groups is 1. The molecule has 1 aliphatic rings. The first kappa shape index (κ1) is 17.7. The zero-order chi connectivity index (χ0) is 18.2. The fraction of sp³-hybridized carbons (Fsp3) is 0.353. The van der Waals surface area contributed by atoms with Crippen molar-refractivity contribution < 1.29 is 18.0 Å². The summed E-state index contributed by atoms with van der Waals surface area (Å²) >= 11 is 1.48. The summed E-state index contributed by atoms with van der Waals surface area (Å²) in [6.07, 6.45) is -2.31. The molecule has 8 heteroatoms. The normalized spacial score (nSPS) is 17.8. The summed E-state index contributed by atoms with van der Waals surface area (Å²) in [6, 6.07) is 5.02. The van der Waals surface area contributed by atoms with Gasteiger partial charge in [-0.05, 0) is 37.6 Å². The van der Waals surface area contributed by atoms with Crippen LogP contribution in [-0.4, -0.2) is 27.7 Å². The van der Waals surface area contributed by atoms with E-state index in [4.69, 9.17) is 0 Å². The number of aryl methyl sites for hydroxylation is 1. The summed E-state index contributed by atoms with van der Waals surface area (Å²) in [5.74, 6) is 0.0217. The van der Waals surface area contributed by atoms with Crippen molar-refractivity contribution in [2.45, 2.75) is 36.6 Å². The highest BCUT2D eigenvalue weighted by Gasteiger charge is 2.33. The van der Waals surface area contributed by atoms with Gasteiger partial charge in [-0.15, -0.1) is 11.8 Å². The molecule has 0 saturated carbocycles. The van der Waals surface area contributed by atoms with Crippen LogP contribution in [0.5, 0.6) is 0 Å². The van der Waals surface area contributed by atoms with E-state index in [1.165, 1.54) is 35.0 Å². The van der Waals surface area contributed by atoms with Crippen LogP contribution in [0, 0.1) is 6.92 Å². The van der Waals surface area contributed by atoms with E-state index < -0.39 is 17.6 Å². The van der Waals surface area contributed by atoms with Crippen LogP contribution in [0.3, 0.4) is 0 Å². The van der Waals surface area contributed by atoms with Crippen molar-refractivity contribution in [2.24, 2.45) is 0 Å². The minimum absolute atomic E-state index is 0.176. The van der Waals surface area contributed by atoms with E-state index >= 15 is 0 Å². The summed E-state index contributed by atoms with van der Waals surface area (Å²) in [5.41, 5.74) is -0.307. The molecule has 1 aromatic heterocycles. The molecule has 2 aromatic rings. The predicted octanol–water partition coefficient (Wildman–Crippen LogP) is 4.33. The summed E-state index contributed by atoms with van der Waals surface area (Å²) in [6.45, 7) is 3.99. The second-order valence-corrected chi connectivity index (χ2v) is 7.32. The summed E-state index contributed by atoms with van der Waals surface area (Å²) in [5, 5.41) is 0.195. The molecule has 0 aliphatic carbocycles. The van der Waals surface area contributed by atoms with E-state index in [-0.39, 0.29) is 16.6 Å². The molecule has 0 unspecified atom stereocenters. The molecule has 0 radical (unpaired) electrons. The molecule has 1 aliphatic heterocycles. The number of benzene rings is 1. The van der Waals surface area contributed by atoms with Gasteiger partial charge in [-0.3, -0.25) is 4.79 Å². The maximum Gasteiger partial charge on any atom is 0.416 e. The molecule has 2 heterocycles. The van der Waals surface area contributed by atoms with Crippen LogP contribution in [0.1, 0.15) is 35.2 Å². The van der Waals surface area contributed by atoms with E-state index in [1.54, 1.807) is 6.92 Å². The maximum atomic E-state index is 13.1. The lowest BCUT2D eigenvalue weighted by Gasteiger charge is -2.23. The van der Waals surface area contributed by atoms with Crippen molar-refractivity contribution in [3.8, 4) is 0 Å². The molecule has 1 aromatic carbocycles. The predicted molar refractivity (Wildman–Crippen MR) is 89.8 cm³/mol. The molecule has 1 amide bonds. The number of alkyl halides is 3. The van der Waals surface area contributed by atoms with Crippen molar-refractivity contribution in [3.63, 3.8) is 0 Å². The molecular weight excluding hydrogens is 351 g/mol.